The second-order valence-electron chi connectivity index (χ2n) is 5.19. The Labute approximate surface area is 104 Å². The van der Waals surface area contributed by atoms with Gasteiger partial charge >= 0.3 is 6.18 Å². The first-order chi connectivity index (χ1) is 8.47. The molecule has 96 valence electrons. The highest BCUT2D eigenvalue weighted by Gasteiger charge is 2.58. The molecule has 4 heteroatoms. The summed E-state index contributed by atoms with van der Waals surface area (Å²) in [7, 11) is 0. The standard InChI is InChI=1S/C14H14F3N/c1-2-9-5-10(14(15,16)17)3-4-12(9)13-6-11(13)7-18-8-13/h2-5,11,18H,1,6-8H2/t11-,13-/m0/s1. The van der Waals surface area contributed by atoms with E-state index in [-0.39, 0.29) is 5.41 Å². The summed E-state index contributed by atoms with van der Waals surface area (Å²) in [6, 6.07) is 4.03. The monoisotopic (exact) mass is 253 g/mol. The van der Waals surface area contributed by atoms with E-state index in [1.807, 2.05) is 0 Å². The van der Waals surface area contributed by atoms with Crippen LogP contribution in [0.4, 0.5) is 13.2 Å². The molecule has 1 aliphatic carbocycles. The van der Waals surface area contributed by atoms with E-state index in [1.54, 1.807) is 6.07 Å². The zero-order valence-corrected chi connectivity index (χ0v) is 9.85. The van der Waals surface area contributed by atoms with Crippen molar-refractivity contribution in [1.82, 2.24) is 5.32 Å². The Hall–Kier alpha value is -1.29. The topological polar surface area (TPSA) is 12.0 Å². The van der Waals surface area contributed by atoms with Crippen LogP contribution in [0.1, 0.15) is 23.1 Å². The summed E-state index contributed by atoms with van der Waals surface area (Å²) in [6.45, 7) is 5.48. The molecule has 2 aliphatic rings. The number of benzene rings is 1. The number of halogens is 3. The van der Waals surface area contributed by atoms with E-state index in [1.165, 1.54) is 18.2 Å². The van der Waals surface area contributed by atoms with Gasteiger partial charge in [-0.1, -0.05) is 18.7 Å². The van der Waals surface area contributed by atoms with Crippen molar-refractivity contribution in [1.29, 1.82) is 0 Å². The van der Waals surface area contributed by atoms with Gasteiger partial charge in [0, 0.05) is 12.0 Å². The molecule has 1 aromatic rings. The largest absolute Gasteiger partial charge is 0.416 e. The highest BCUT2D eigenvalue weighted by molar-refractivity contribution is 5.58. The third-order valence-electron chi connectivity index (χ3n) is 4.20. The van der Waals surface area contributed by atoms with Crippen molar-refractivity contribution in [2.75, 3.05) is 13.1 Å². The van der Waals surface area contributed by atoms with Crippen LogP contribution in [-0.2, 0) is 11.6 Å². The van der Waals surface area contributed by atoms with Gasteiger partial charge in [-0.25, -0.2) is 0 Å². The summed E-state index contributed by atoms with van der Waals surface area (Å²) in [6.07, 6.45) is -1.68. The Morgan fingerprint density at radius 3 is 2.67 bits per heavy atom. The van der Waals surface area contributed by atoms with E-state index in [2.05, 4.69) is 11.9 Å². The fourth-order valence-electron chi connectivity index (χ4n) is 3.12. The molecule has 0 bridgehead atoms. The minimum absolute atomic E-state index is 0.0631. The number of piperidine rings is 1. The molecule has 1 saturated carbocycles. The van der Waals surface area contributed by atoms with Crippen LogP contribution in [0, 0.1) is 5.92 Å². The normalized spacial score (nSPS) is 30.1. The first kappa shape index (κ1) is 11.8. The maximum absolute atomic E-state index is 12.7. The number of hydrogen-bond acceptors (Lipinski definition) is 1. The maximum atomic E-state index is 12.7. The predicted octanol–water partition coefficient (Wildman–Crippen LogP) is 3.21. The van der Waals surface area contributed by atoms with Gasteiger partial charge in [-0.05, 0) is 42.1 Å². The molecule has 0 radical (unpaired) electrons. The Bertz CT molecular complexity index is 506. The minimum Gasteiger partial charge on any atom is -0.316 e. The quantitative estimate of drug-likeness (QED) is 0.853. The van der Waals surface area contributed by atoms with Crippen LogP contribution in [0.3, 0.4) is 0 Å². The second-order valence-corrected chi connectivity index (χ2v) is 5.19. The SMILES string of the molecule is C=Cc1cc(C(F)(F)F)ccc1[C@@]12CNC[C@@H]1C2. The summed E-state index contributed by atoms with van der Waals surface area (Å²) >= 11 is 0. The van der Waals surface area contributed by atoms with Crippen molar-refractivity contribution >= 4 is 6.08 Å². The Kier molecular flexibility index (Phi) is 2.36. The zero-order chi connectivity index (χ0) is 13.0. The Morgan fingerprint density at radius 1 is 1.39 bits per heavy atom. The third kappa shape index (κ3) is 1.59. The second kappa shape index (κ2) is 3.60. The molecular weight excluding hydrogens is 239 g/mol. The summed E-state index contributed by atoms with van der Waals surface area (Å²) < 4.78 is 38.0. The summed E-state index contributed by atoms with van der Waals surface area (Å²) in [5, 5.41) is 3.30. The summed E-state index contributed by atoms with van der Waals surface area (Å²) in [5.74, 6) is 0.577. The molecular formula is C14H14F3N. The van der Waals surface area contributed by atoms with Crippen molar-refractivity contribution in [3.63, 3.8) is 0 Å². The maximum Gasteiger partial charge on any atom is 0.416 e. The van der Waals surface area contributed by atoms with Gasteiger partial charge in [-0.2, -0.15) is 13.2 Å². The number of rotatable bonds is 2. The first-order valence-corrected chi connectivity index (χ1v) is 6.02. The van der Waals surface area contributed by atoms with Crippen LogP contribution < -0.4 is 5.32 Å². The Morgan fingerprint density at radius 2 is 2.17 bits per heavy atom. The van der Waals surface area contributed by atoms with Crippen LogP contribution >= 0.6 is 0 Å². The molecule has 3 rings (SSSR count). The first-order valence-electron chi connectivity index (χ1n) is 6.02. The van der Waals surface area contributed by atoms with Gasteiger partial charge in [0.25, 0.3) is 0 Å². The van der Waals surface area contributed by atoms with Gasteiger partial charge in [-0.15, -0.1) is 0 Å². The molecule has 0 aromatic heterocycles. The van der Waals surface area contributed by atoms with E-state index in [4.69, 9.17) is 0 Å². The van der Waals surface area contributed by atoms with Gasteiger partial charge in [0.2, 0.25) is 0 Å². The van der Waals surface area contributed by atoms with Crippen molar-refractivity contribution < 1.29 is 13.2 Å². The van der Waals surface area contributed by atoms with E-state index in [9.17, 15) is 13.2 Å². The van der Waals surface area contributed by atoms with Gasteiger partial charge in [0.05, 0.1) is 5.56 Å². The van der Waals surface area contributed by atoms with Crippen molar-refractivity contribution in [3.05, 3.63) is 41.5 Å². The lowest BCUT2D eigenvalue weighted by Gasteiger charge is -2.17. The third-order valence-corrected chi connectivity index (χ3v) is 4.20. The molecule has 2 fully saturated rings. The lowest BCUT2D eigenvalue weighted by Crippen LogP contribution is -2.20. The highest BCUT2D eigenvalue weighted by Crippen LogP contribution is 2.57. The molecule has 1 aliphatic heterocycles. The molecule has 1 saturated heterocycles. The zero-order valence-electron chi connectivity index (χ0n) is 9.85. The minimum atomic E-state index is -4.29. The number of alkyl halides is 3. The molecule has 1 nitrogen and oxygen atoms in total. The molecule has 0 unspecified atom stereocenters. The van der Waals surface area contributed by atoms with E-state index in [0.717, 1.165) is 25.1 Å². The van der Waals surface area contributed by atoms with Crippen LogP contribution in [-0.4, -0.2) is 13.1 Å². The van der Waals surface area contributed by atoms with Crippen LogP contribution in [0.15, 0.2) is 24.8 Å². The summed E-state index contributed by atoms with van der Waals surface area (Å²) in [4.78, 5) is 0. The van der Waals surface area contributed by atoms with Crippen molar-refractivity contribution in [3.8, 4) is 0 Å². The summed E-state index contributed by atoms with van der Waals surface area (Å²) in [5.41, 5.74) is 1.10. The van der Waals surface area contributed by atoms with Crippen LogP contribution in [0.5, 0.6) is 0 Å². The van der Waals surface area contributed by atoms with Crippen molar-refractivity contribution in [2.45, 2.75) is 18.0 Å². The molecule has 0 amide bonds. The predicted molar refractivity (Wildman–Crippen MR) is 64.2 cm³/mol. The van der Waals surface area contributed by atoms with E-state index >= 15 is 0 Å². The van der Waals surface area contributed by atoms with Gasteiger partial charge in [0.15, 0.2) is 0 Å². The fraction of sp³-hybridized carbons (Fsp3) is 0.429. The van der Waals surface area contributed by atoms with E-state index in [0.29, 0.717) is 11.5 Å². The highest BCUT2D eigenvalue weighted by atomic mass is 19.4. The average Bonchev–Trinajstić information content (AvgIpc) is 2.90. The van der Waals surface area contributed by atoms with E-state index < -0.39 is 11.7 Å². The smallest absolute Gasteiger partial charge is 0.316 e. The molecule has 1 heterocycles. The molecule has 0 spiro atoms. The molecule has 1 N–H and O–H groups in total. The van der Waals surface area contributed by atoms with Crippen molar-refractivity contribution in [2.24, 2.45) is 5.92 Å². The molecule has 1 aromatic carbocycles. The lowest BCUT2D eigenvalue weighted by atomic mass is 9.89. The van der Waals surface area contributed by atoms with Gasteiger partial charge in [0.1, 0.15) is 0 Å². The number of fused-ring (bicyclic) bond motifs is 1. The average molecular weight is 253 g/mol. The number of hydrogen-bond donors (Lipinski definition) is 1. The molecule has 2 atom stereocenters. The van der Waals surface area contributed by atoms with Gasteiger partial charge < -0.3 is 5.32 Å². The van der Waals surface area contributed by atoms with Crippen LogP contribution in [0.25, 0.3) is 6.08 Å². The number of nitrogens with one attached hydrogen (secondary N) is 1. The van der Waals surface area contributed by atoms with Gasteiger partial charge in [-0.3, -0.25) is 0 Å². The lowest BCUT2D eigenvalue weighted by molar-refractivity contribution is -0.137. The molecule has 18 heavy (non-hydrogen) atoms. The fourth-order valence-corrected chi connectivity index (χ4v) is 3.12. The van der Waals surface area contributed by atoms with Crippen LogP contribution in [0.2, 0.25) is 0 Å². The Balaban J connectivity index is 2.04.